The molecule has 1 aromatic carbocycles. The quantitative estimate of drug-likeness (QED) is 0.882. The molecule has 4 heteroatoms. The summed E-state index contributed by atoms with van der Waals surface area (Å²) < 4.78 is 18.3. The van der Waals surface area contributed by atoms with Gasteiger partial charge >= 0.3 is 0 Å². The van der Waals surface area contributed by atoms with Gasteiger partial charge in [-0.1, -0.05) is 17.7 Å². The van der Waals surface area contributed by atoms with E-state index in [1.54, 1.807) is 12.1 Å². The number of ether oxygens (including phenoxy) is 1. The first-order valence-electron chi connectivity index (χ1n) is 5.36. The van der Waals surface area contributed by atoms with E-state index in [4.69, 9.17) is 16.3 Å². The fourth-order valence-electron chi connectivity index (χ4n) is 1.77. The summed E-state index contributed by atoms with van der Waals surface area (Å²) in [4.78, 5) is 0. The topological polar surface area (TPSA) is 21.3 Å². The molecule has 2 rings (SSSR count). The molecule has 1 saturated heterocycles. The Labute approximate surface area is 99.7 Å². The van der Waals surface area contributed by atoms with Gasteiger partial charge in [-0.05, 0) is 31.0 Å². The summed E-state index contributed by atoms with van der Waals surface area (Å²) in [5.41, 5.74) is 1.01. The Morgan fingerprint density at radius 3 is 3.00 bits per heavy atom. The Morgan fingerprint density at radius 1 is 1.56 bits per heavy atom. The van der Waals surface area contributed by atoms with Crippen molar-refractivity contribution in [3.05, 3.63) is 34.6 Å². The van der Waals surface area contributed by atoms with Crippen molar-refractivity contribution < 1.29 is 9.13 Å². The average Bonchev–Trinajstić information content (AvgIpc) is 2.68. The van der Waals surface area contributed by atoms with Gasteiger partial charge < -0.3 is 10.1 Å². The van der Waals surface area contributed by atoms with E-state index in [2.05, 4.69) is 12.2 Å². The molecular weight excluding hydrogens is 229 g/mol. The zero-order valence-corrected chi connectivity index (χ0v) is 9.98. The van der Waals surface area contributed by atoms with Gasteiger partial charge in [0.1, 0.15) is 5.82 Å². The Balaban J connectivity index is 1.96. The van der Waals surface area contributed by atoms with E-state index < -0.39 is 0 Å². The first-order valence-corrected chi connectivity index (χ1v) is 5.74. The van der Waals surface area contributed by atoms with E-state index in [1.807, 2.05) is 0 Å². The molecule has 1 heterocycles. The number of nitrogens with one attached hydrogen (secondary N) is 1. The molecule has 0 radical (unpaired) electrons. The van der Waals surface area contributed by atoms with Crippen LogP contribution in [0.4, 0.5) is 4.39 Å². The minimum Gasteiger partial charge on any atom is -0.379 e. The van der Waals surface area contributed by atoms with Crippen LogP contribution in [0.25, 0.3) is 0 Å². The molecule has 1 fully saturated rings. The normalized spacial score (nSPS) is 24.9. The fraction of sp³-hybridized carbons (Fsp3) is 0.500. The molecular formula is C12H15ClFNO. The Hall–Kier alpha value is -0.640. The summed E-state index contributed by atoms with van der Waals surface area (Å²) in [6, 6.07) is 4.79. The van der Waals surface area contributed by atoms with Gasteiger partial charge in [-0.15, -0.1) is 0 Å². The molecule has 88 valence electrons. The zero-order valence-electron chi connectivity index (χ0n) is 9.22. The van der Waals surface area contributed by atoms with Crippen molar-refractivity contribution in [3.63, 3.8) is 0 Å². The first kappa shape index (κ1) is 11.8. The number of halogens is 2. The van der Waals surface area contributed by atoms with Crippen LogP contribution in [-0.2, 0) is 11.3 Å². The molecule has 0 saturated carbocycles. The van der Waals surface area contributed by atoms with E-state index in [0.717, 1.165) is 25.2 Å². The van der Waals surface area contributed by atoms with Crippen LogP contribution in [0, 0.1) is 5.82 Å². The molecule has 0 bridgehead atoms. The van der Waals surface area contributed by atoms with E-state index in [-0.39, 0.29) is 16.4 Å². The molecule has 1 unspecified atom stereocenters. The molecule has 16 heavy (non-hydrogen) atoms. The smallest absolute Gasteiger partial charge is 0.141 e. The summed E-state index contributed by atoms with van der Waals surface area (Å²) >= 11 is 5.72. The second-order valence-corrected chi connectivity index (χ2v) is 4.87. The standard InChI is InChI=1S/C12H15ClFNO/c1-12(4-5-16-8-12)15-7-9-2-3-11(14)10(13)6-9/h2-3,6,15H,4-5,7-8H2,1H3. The van der Waals surface area contributed by atoms with Crippen LogP contribution in [0.1, 0.15) is 18.9 Å². The summed E-state index contributed by atoms with van der Waals surface area (Å²) in [5, 5.41) is 3.59. The van der Waals surface area contributed by atoms with Crippen molar-refractivity contribution in [1.82, 2.24) is 5.32 Å². The van der Waals surface area contributed by atoms with Crippen molar-refractivity contribution in [3.8, 4) is 0 Å². The van der Waals surface area contributed by atoms with Crippen LogP contribution in [0.15, 0.2) is 18.2 Å². The fourth-order valence-corrected chi connectivity index (χ4v) is 1.97. The molecule has 1 aliphatic rings. The van der Waals surface area contributed by atoms with Gasteiger partial charge in [0.2, 0.25) is 0 Å². The molecule has 1 aromatic rings. The van der Waals surface area contributed by atoms with Crippen LogP contribution in [0.5, 0.6) is 0 Å². The highest BCUT2D eigenvalue weighted by atomic mass is 35.5. The highest BCUT2D eigenvalue weighted by Crippen LogP contribution is 2.20. The van der Waals surface area contributed by atoms with E-state index >= 15 is 0 Å². The zero-order chi connectivity index (χ0) is 11.6. The van der Waals surface area contributed by atoms with E-state index in [1.165, 1.54) is 6.07 Å². The molecule has 0 spiro atoms. The van der Waals surface area contributed by atoms with Crippen LogP contribution in [-0.4, -0.2) is 18.8 Å². The number of rotatable bonds is 3. The average molecular weight is 244 g/mol. The maximum atomic E-state index is 12.9. The van der Waals surface area contributed by atoms with Crippen LogP contribution in [0.2, 0.25) is 5.02 Å². The van der Waals surface area contributed by atoms with Crippen LogP contribution in [0.3, 0.4) is 0 Å². The Bertz CT molecular complexity index is 377. The number of hydrogen-bond acceptors (Lipinski definition) is 2. The van der Waals surface area contributed by atoms with Crippen molar-refractivity contribution in [2.75, 3.05) is 13.2 Å². The van der Waals surface area contributed by atoms with Crippen molar-refractivity contribution in [2.45, 2.75) is 25.4 Å². The van der Waals surface area contributed by atoms with Gasteiger partial charge in [-0.2, -0.15) is 0 Å². The van der Waals surface area contributed by atoms with Crippen LogP contribution >= 0.6 is 11.6 Å². The van der Waals surface area contributed by atoms with Gasteiger partial charge in [0.25, 0.3) is 0 Å². The van der Waals surface area contributed by atoms with Gasteiger partial charge in [-0.3, -0.25) is 0 Å². The lowest BCUT2D eigenvalue weighted by Crippen LogP contribution is -2.42. The third kappa shape index (κ3) is 2.73. The largest absolute Gasteiger partial charge is 0.379 e. The van der Waals surface area contributed by atoms with Gasteiger partial charge in [0.15, 0.2) is 0 Å². The Kier molecular flexibility index (Phi) is 3.47. The molecule has 1 aliphatic heterocycles. The summed E-state index contributed by atoms with van der Waals surface area (Å²) in [6.45, 7) is 4.33. The minimum absolute atomic E-state index is 0.0286. The maximum Gasteiger partial charge on any atom is 0.141 e. The first-order chi connectivity index (χ1) is 7.59. The lowest BCUT2D eigenvalue weighted by molar-refractivity contribution is 0.171. The predicted molar refractivity (Wildman–Crippen MR) is 62.1 cm³/mol. The van der Waals surface area contributed by atoms with Crippen molar-refractivity contribution >= 4 is 11.6 Å². The van der Waals surface area contributed by atoms with Crippen molar-refractivity contribution in [2.24, 2.45) is 0 Å². The third-order valence-electron chi connectivity index (χ3n) is 2.92. The second-order valence-electron chi connectivity index (χ2n) is 4.47. The summed E-state index contributed by atoms with van der Waals surface area (Å²) in [7, 11) is 0. The minimum atomic E-state index is -0.374. The molecule has 0 amide bonds. The highest BCUT2D eigenvalue weighted by molar-refractivity contribution is 6.30. The predicted octanol–water partition coefficient (Wildman–Crippen LogP) is 2.75. The van der Waals surface area contributed by atoms with Crippen molar-refractivity contribution in [1.29, 1.82) is 0 Å². The SMILES string of the molecule is CC1(NCc2ccc(F)c(Cl)c2)CCOC1. The molecule has 1 N–H and O–H groups in total. The van der Waals surface area contributed by atoms with Gasteiger partial charge in [0.05, 0.1) is 11.6 Å². The summed E-state index contributed by atoms with van der Waals surface area (Å²) in [6.07, 6.45) is 1.00. The third-order valence-corrected chi connectivity index (χ3v) is 3.21. The molecule has 1 atom stereocenters. The lowest BCUT2D eigenvalue weighted by Gasteiger charge is -2.23. The van der Waals surface area contributed by atoms with Gasteiger partial charge in [-0.25, -0.2) is 4.39 Å². The van der Waals surface area contributed by atoms with Gasteiger partial charge in [0, 0.05) is 18.7 Å². The highest BCUT2D eigenvalue weighted by Gasteiger charge is 2.28. The number of hydrogen-bond donors (Lipinski definition) is 1. The Morgan fingerprint density at radius 2 is 2.38 bits per heavy atom. The lowest BCUT2D eigenvalue weighted by atomic mass is 10.0. The summed E-state index contributed by atoms with van der Waals surface area (Å²) in [5.74, 6) is -0.374. The molecule has 0 aromatic heterocycles. The second kappa shape index (κ2) is 4.70. The van der Waals surface area contributed by atoms with E-state index in [9.17, 15) is 4.39 Å². The van der Waals surface area contributed by atoms with E-state index in [0.29, 0.717) is 6.54 Å². The monoisotopic (exact) mass is 243 g/mol. The molecule has 2 nitrogen and oxygen atoms in total. The van der Waals surface area contributed by atoms with Crippen LogP contribution < -0.4 is 5.32 Å². The number of benzene rings is 1. The maximum absolute atomic E-state index is 12.9. The molecule has 0 aliphatic carbocycles.